The van der Waals surface area contributed by atoms with Crippen LogP contribution in [0.2, 0.25) is 0 Å². The van der Waals surface area contributed by atoms with Gasteiger partial charge in [0.15, 0.2) is 0 Å². The van der Waals surface area contributed by atoms with Gasteiger partial charge >= 0.3 is 0 Å². The maximum absolute atomic E-state index is 13.1. The molecule has 1 atom stereocenters. The average Bonchev–Trinajstić information content (AvgIpc) is 2.59. The number of amides is 1. The minimum Gasteiger partial charge on any atom is -0.314 e. The van der Waals surface area contributed by atoms with E-state index in [1.165, 1.54) is 19.3 Å². The molecule has 126 valence electrons. The first kappa shape index (κ1) is 16.5. The topological polar surface area (TPSA) is 35.6 Å². The van der Waals surface area contributed by atoms with Crippen molar-refractivity contribution in [3.8, 4) is 0 Å². The summed E-state index contributed by atoms with van der Waals surface area (Å²) in [5.74, 6) is 0.261. The lowest BCUT2D eigenvalue weighted by Gasteiger charge is -2.38. The van der Waals surface area contributed by atoms with Crippen LogP contribution >= 0.6 is 0 Å². The van der Waals surface area contributed by atoms with Crippen molar-refractivity contribution in [2.75, 3.05) is 31.1 Å². The van der Waals surface area contributed by atoms with Crippen molar-refractivity contribution in [2.45, 2.75) is 51.1 Å². The van der Waals surface area contributed by atoms with Crippen LogP contribution in [-0.4, -0.2) is 49.1 Å². The van der Waals surface area contributed by atoms with E-state index in [1.807, 2.05) is 18.2 Å². The number of carbonyl (C=O) groups is 1. The van der Waals surface area contributed by atoms with Crippen LogP contribution in [0.15, 0.2) is 30.3 Å². The fourth-order valence-corrected chi connectivity index (χ4v) is 3.85. The number of hydrogen-bond donors (Lipinski definition) is 1. The van der Waals surface area contributed by atoms with Gasteiger partial charge in [-0.3, -0.25) is 9.69 Å². The maximum atomic E-state index is 13.1. The van der Waals surface area contributed by atoms with E-state index >= 15 is 0 Å². The van der Waals surface area contributed by atoms with Gasteiger partial charge in [0.1, 0.15) is 0 Å². The molecule has 4 nitrogen and oxygen atoms in total. The first-order valence-corrected chi connectivity index (χ1v) is 9.07. The monoisotopic (exact) mass is 315 g/mol. The lowest BCUT2D eigenvalue weighted by molar-refractivity contribution is -0.121. The Kier molecular flexibility index (Phi) is 5.68. The highest BCUT2D eigenvalue weighted by atomic mass is 16.2. The third kappa shape index (κ3) is 4.12. The van der Waals surface area contributed by atoms with E-state index in [1.54, 1.807) is 0 Å². The van der Waals surface area contributed by atoms with Gasteiger partial charge in [-0.05, 0) is 31.9 Å². The minimum absolute atomic E-state index is 0.261. The van der Waals surface area contributed by atoms with Crippen LogP contribution in [0.25, 0.3) is 0 Å². The van der Waals surface area contributed by atoms with Crippen molar-refractivity contribution < 1.29 is 4.79 Å². The van der Waals surface area contributed by atoms with E-state index in [4.69, 9.17) is 0 Å². The molecule has 4 heteroatoms. The number of nitrogens with one attached hydrogen (secondary N) is 1. The van der Waals surface area contributed by atoms with E-state index in [0.29, 0.717) is 18.6 Å². The molecule has 1 aromatic carbocycles. The molecular weight excluding hydrogens is 286 g/mol. The van der Waals surface area contributed by atoms with Gasteiger partial charge < -0.3 is 10.2 Å². The van der Waals surface area contributed by atoms with Crippen molar-refractivity contribution in [3.63, 3.8) is 0 Å². The van der Waals surface area contributed by atoms with Crippen molar-refractivity contribution in [3.05, 3.63) is 30.3 Å². The van der Waals surface area contributed by atoms with Crippen molar-refractivity contribution in [1.29, 1.82) is 0 Å². The van der Waals surface area contributed by atoms with Gasteiger partial charge in [0.05, 0.1) is 6.54 Å². The maximum Gasteiger partial charge on any atom is 0.241 e. The standard InChI is InChI=1S/C19H29N3O/c1-16-14-20-12-13-21(16)15-19(23)22(17-8-4-2-5-9-17)18-10-6-3-7-11-18/h2,4-5,8-9,16,18,20H,3,6-7,10-15H2,1H3/t16-/m1/s1. The number of nitrogens with zero attached hydrogens (tertiary/aromatic N) is 2. The molecule has 1 aliphatic heterocycles. The highest BCUT2D eigenvalue weighted by Crippen LogP contribution is 2.27. The van der Waals surface area contributed by atoms with Gasteiger partial charge in [-0.2, -0.15) is 0 Å². The minimum atomic E-state index is 0.261. The molecule has 1 saturated carbocycles. The lowest BCUT2D eigenvalue weighted by atomic mass is 9.93. The Labute approximate surface area is 139 Å². The summed E-state index contributed by atoms with van der Waals surface area (Å²) in [6, 6.07) is 11.0. The van der Waals surface area contributed by atoms with E-state index < -0.39 is 0 Å². The molecule has 0 unspecified atom stereocenters. The summed E-state index contributed by atoms with van der Waals surface area (Å²) in [5, 5.41) is 3.40. The number of anilines is 1. The number of piperazine rings is 1. The molecule has 23 heavy (non-hydrogen) atoms. The second-order valence-electron chi connectivity index (χ2n) is 6.91. The Morgan fingerprint density at radius 3 is 2.65 bits per heavy atom. The van der Waals surface area contributed by atoms with E-state index in [9.17, 15) is 4.79 Å². The molecule has 1 heterocycles. The molecule has 0 spiro atoms. The number of rotatable bonds is 4. The summed E-state index contributed by atoms with van der Waals surface area (Å²) in [5.41, 5.74) is 1.06. The molecule has 0 aromatic heterocycles. The van der Waals surface area contributed by atoms with Gasteiger partial charge in [0.2, 0.25) is 5.91 Å². The highest BCUT2D eigenvalue weighted by Gasteiger charge is 2.29. The highest BCUT2D eigenvalue weighted by molar-refractivity contribution is 5.95. The van der Waals surface area contributed by atoms with Crippen LogP contribution in [0.4, 0.5) is 5.69 Å². The van der Waals surface area contributed by atoms with Crippen LogP contribution in [-0.2, 0) is 4.79 Å². The molecule has 3 rings (SSSR count). The first-order valence-electron chi connectivity index (χ1n) is 9.07. The molecule has 1 amide bonds. The second kappa shape index (κ2) is 7.93. The van der Waals surface area contributed by atoms with Gasteiger partial charge in [-0.25, -0.2) is 0 Å². The summed E-state index contributed by atoms with van der Waals surface area (Å²) in [6.45, 7) is 5.65. The number of benzene rings is 1. The van der Waals surface area contributed by atoms with E-state index in [-0.39, 0.29) is 5.91 Å². The Morgan fingerprint density at radius 2 is 1.96 bits per heavy atom. The third-order valence-electron chi connectivity index (χ3n) is 5.22. The predicted octanol–water partition coefficient (Wildman–Crippen LogP) is 2.65. The SMILES string of the molecule is C[C@@H]1CNCCN1CC(=O)N(c1ccccc1)C1CCCCC1. The molecule has 2 aliphatic rings. The Balaban J connectivity index is 1.75. The zero-order valence-electron chi connectivity index (χ0n) is 14.2. The largest absolute Gasteiger partial charge is 0.314 e. The fraction of sp³-hybridized carbons (Fsp3) is 0.632. The molecule has 2 fully saturated rings. The summed E-state index contributed by atoms with van der Waals surface area (Å²) in [6.07, 6.45) is 6.06. The summed E-state index contributed by atoms with van der Waals surface area (Å²) in [4.78, 5) is 17.5. The summed E-state index contributed by atoms with van der Waals surface area (Å²) >= 11 is 0. The Morgan fingerprint density at radius 1 is 1.22 bits per heavy atom. The Hall–Kier alpha value is -1.39. The predicted molar refractivity (Wildman–Crippen MR) is 94.7 cm³/mol. The average molecular weight is 315 g/mol. The van der Waals surface area contributed by atoms with Crippen molar-refractivity contribution in [2.24, 2.45) is 0 Å². The van der Waals surface area contributed by atoms with Gasteiger partial charge in [-0.1, -0.05) is 37.5 Å². The second-order valence-corrected chi connectivity index (χ2v) is 6.91. The van der Waals surface area contributed by atoms with E-state index in [0.717, 1.165) is 38.2 Å². The van der Waals surface area contributed by atoms with Crippen LogP contribution in [0.5, 0.6) is 0 Å². The molecule has 1 N–H and O–H groups in total. The first-order chi connectivity index (χ1) is 11.3. The smallest absolute Gasteiger partial charge is 0.241 e. The van der Waals surface area contributed by atoms with Crippen LogP contribution in [0.1, 0.15) is 39.0 Å². The molecule has 0 bridgehead atoms. The quantitative estimate of drug-likeness (QED) is 0.928. The molecule has 1 aliphatic carbocycles. The van der Waals surface area contributed by atoms with Gasteiger partial charge in [0.25, 0.3) is 0 Å². The van der Waals surface area contributed by atoms with Gasteiger partial charge in [-0.15, -0.1) is 0 Å². The fourth-order valence-electron chi connectivity index (χ4n) is 3.85. The van der Waals surface area contributed by atoms with Crippen LogP contribution < -0.4 is 10.2 Å². The summed E-state index contributed by atoms with van der Waals surface area (Å²) in [7, 11) is 0. The molecular formula is C19H29N3O. The number of carbonyl (C=O) groups excluding carboxylic acids is 1. The molecule has 1 saturated heterocycles. The van der Waals surface area contributed by atoms with Crippen LogP contribution in [0.3, 0.4) is 0 Å². The normalized spacial score (nSPS) is 23.6. The van der Waals surface area contributed by atoms with Crippen molar-refractivity contribution >= 4 is 11.6 Å². The zero-order chi connectivity index (χ0) is 16.1. The van der Waals surface area contributed by atoms with E-state index in [2.05, 4.69) is 34.2 Å². The Bertz CT molecular complexity index is 499. The number of para-hydroxylation sites is 1. The number of hydrogen-bond acceptors (Lipinski definition) is 3. The zero-order valence-corrected chi connectivity index (χ0v) is 14.2. The van der Waals surface area contributed by atoms with Gasteiger partial charge in [0, 0.05) is 37.4 Å². The molecule has 1 aromatic rings. The van der Waals surface area contributed by atoms with Crippen molar-refractivity contribution in [1.82, 2.24) is 10.2 Å². The third-order valence-corrected chi connectivity index (χ3v) is 5.22. The lowest BCUT2D eigenvalue weighted by Crippen LogP contribution is -2.54. The van der Waals surface area contributed by atoms with Crippen LogP contribution in [0, 0.1) is 0 Å². The molecule has 0 radical (unpaired) electrons. The summed E-state index contributed by atoms with van der Waals surface area (Å²) < 4.78 is 0.